The molecule has 1 saturated heterocycles. The van der Waals surface area contributed by atoms with Gasteiger partial charge in [-0.3, -0.25) is 0 Å². The van der Waals surface area contributed by atoms with Crippen molar-refractivity contribution in [3.8, 4) is 0 Å². The highest BCUT2D eigenvalue weighted by atomic mass is 32.2. The van der Waals surface area contributed by atoms with Gasteiger partial charge in [0.2, 0.25) is 0 Å². The van der Waals surface area contributed by atoms with E-state index in [4.69, 9.17) is 0 Å². The molecule has 0 aromatic heterocycles. The largest absolute Gasteiger partial charge is 0.311 e. The Bertz CT molecular complexity index is 388. The fourth-order valence-corrected chi connectivity index (χ4v) is 4.30. The van der Waals surface area contributed by atoms with E-state index >= 15 is 0 Å². The molecule has 1 spiro atoms. The zero-order valence-corrected chi connectivity index (χ0v) is 10.9. The summed E-state index contributed by atoms with van der Waals surface area (Å²) in [4.78, 5) is 0. The van der Waals surface area contributed by atoms with Crippen LogP contribution in [0.3, 0.4) is 0 Å². The molecule has 5 nitrogen and oxygen atoms in total. The van der Waals surface area contributed by atoms with Crippen LogP contribution in [0.1, 0.15) is 44.9 Å². The molecule has 17 heavy (non-hydrogen) atoms. The predicted molar refractivity (Wildman–Crippen MR) is 65.8 cm³/mol. The molecule has 1 heterocycles. The lowest BCUT2D eigenvalue weighted by Gasteiger charge is -2.48. The van der Waals surface area contributed by atoms with Crippen molar-refractivity contribution in [2.45, 2.75) is 62.6 Å². The summed E-state index contributed by atoms with van der Waals surface area (Å²) in [5.74, 6) is 0. The molecule has 3 aliphatic rings. The van der Waals surface area contributed by atoms with Gasteiger partial charge >= 0.3 is 0 Å². The molecular formula is C11H21N3O2S. The molecule has 2 saturated carbocycles. The van der Waals surface area contributed by atoms with E-state index < -0.39 is 10.2 Å². The van der Waals surface area contributed by atoms with Gasteiger partial charge < -0.3 is 5.32 Å². The molecule has 98 valence electrons. The minimum atomic E-state index is -3.28. The van der Waals surface area contributed by atoms with Gasteiger partial charge in [0.1, 0.15) is 0 Å². The van der Waals surface area contributed by atoms with Gasteiger partial charge in [0.25, 0.3) is 10.2 Å². The zero-order valence-electron chi connectivity index (χ0n) is 10.0. The van der Waals surface area contributed by atoms with Crippen LogP contribution in [0.4, 0.5) is 0 Å². The second kappa shape index (κ2) is 4.19. The number of rotatable bonds is 4. The minimum absolute atomic E-state index is 0.104. The molecule has 0 radical (unpaired) electrons. The third kappa shape index (κ3) is 2.81. The Kier molecular flexibility index (Phi) is 2.93. The molecule has 2 aliphatic carbocycles. The quantitative estimate of drug-likeness (QED) is 0.678. The Morgan fingerprint density at radius 2 is 1.76 bits per heavy atom. The second-order valence-electron chi connectivity index (χ2n) is 5.76. The van der Waals surface area contributed by atoms with Crippen molar-refractivity contribution >= 4 is 10.2 Å². The molecule has 6 heteroatoms. The van der Waals surface area contributed by atoms with E-state index in [9.17, 15) is 8.42 Å². The van der Waals surface area contributed by atoms with E-state index in [0.29, 0.717) is 0 Å². The van der Waals surface area contributed by atoms with Gasteiger partial charge in [-0.05, 0) is 51.5 Å². The van der Waals surface area contributed by atoms with Crippen LogP contribution in [-0.2, 0) is 10.2 Å². The van der Waals surface area contributed by atoms with Crippen LogP contribution in [0.2, 0.25) is 0 Å². The molecule has 0 aromatic carbocycles. The van der Waals surface area contributed by atoms with Crippen LogP contribution in [0.25, 0.3) is 0 Å². The van der Waals surface area contributed by atoms with Gasteiger partial charge in [-0.1, -0.05) is 0 Å². The van der Waals surface area contributed by atoms with Crippen LogP contribution in [0, 0.1) is 0 Å². The van der Waals surface area contributed by atoms with Gasteiger partial charge in [-0.2, -0.15) is 17.9 Å². The Morgan fingerprint density at radius 3 is 2.35 bits per heavy atom. The van der Waals surface area contributed by atoms with Crippen molar-refractivity contribution in [1.29, 1.82) is 0 Å². The Labute approximate surface area is 103 Å². The predicted octanol–water partition coefficient (Wildman–Crippen LogP) is 0.247. The summed E-state index contributed by atoms with van der Waals surface area (Å²) in [5, 5.41) is 3.55. The number of nitrogens with one attached hydrogen (secondary N) is 3. The Hall–Kier alpha value is -0.170. The van der Waals surface area contributed by atoms with Crippen LogP contribution in [0.15, 0.2) is 0 Å². The summed E-state index contributed by atoms with van der Waals surface area (Å²) in [6.45, 7) is 0.927. The average Bonchev–Trinajstić information content (AvgIpc) is 2.98. The SMILES string of the molecule is O=S(=O)(NC1CC1)NC1CCNC2(CCC2)C1. The van der Waals surface area contributed by atoms with Crippen LogP contribution >= 0.6 is 0 Å². The van der Waals surface area contributed by atoms with E-state index in [-0.39, 0.29) is 17.6 Å². The van der Waals surface area contributed by atoms with Crippen molar-refractivity contribution < 1.29 is 8.42 Å². The van der Waals surface area contributed by atoms with E-state index in [2.05, 4.69) is 14.8 Å². The van der Waals surface area contributed by atoms with Gasteiger partial charge in [-0.25, -0.2) is 0 Å². The zero-order chi connectivity index (χ0) is 11.9. The standard InChI is InChI=1S/C11H21N3O2S/c15-17(16,13-9-2-3-9)14-10-4-7-12-11(8-10)5-1-6-11/h9-10,12-14H,1-8H2. The molecule has 1 aliphatic heterocycles. The highest BCUT2D eigenvalue weighted by Gasteiger charge is 2.42. The Morgan fingerprint density at radius 1 is 1.06 bits per heavy atom. The topological polar surface area (TPSA) is 70.2 Å². The molecule has 1 atom stereocenters. The summed E-state index contributed by atoms with van der Waals surface area (Å²) < 4.78 is 29.1. The maximum atomic E-state index is 11.8. The number of piperidine rings is 1. The lowest BCUT2D eigenvalue weighted by atomic mass is 9.70. The van der Waals surface area contributed by atoms with Crippen LogP contribution in [0.5, 0.6) is 0 Å². The van der Waals surface area contributed by atoms with Gasteiger partial charge in [0.05, 0.1) is 0 Å². The van der Waals surface area contributed by atoms with Crippen LogP contribution in [-0.4, -0.2) is 32.6 Å². The van der Waals surface area contributed by atoms with Crippen molar-refractivity contribution in [2.24, 2.45) is 0 Å². The molecule has 0 amide bonds. The molecule has 3 fully saturated rings. The van der Waals surface area contributed by atoms with Gasteiger partial charge in [0.15, 0.2) is 0 Å². The number of hydrogen-bond acceptors (Lipinski definition) is 3. The molecule has 0 bridgehead atoms. The van der Waals surface area contributed by atoms with E-state index in [1.165, 1.54) is 19.3 Å². The van der Waals surface area contributed by atoms with Gasteiger partial charge in [0, 0.05) is 17.6 Å². The van der Waals surface area contributed by atoms with Crippen molar-refractivity contribution in [2.75, 3.05) is 6.54 Å². The maximum absolute atomic E-state index is 11.8. The fourth-order valence-electron chi connectivity index (χ4n) is 2.92. The highest BCUT2D eigenvalue weighted by Crippen LogP contribution is 2.38. The summed E-state index contributed by atoms with van der Waals surface area (Å²) in [6, 6.07) is 0.291. The van der Waals surface area contributed by atoms with E-state index in [0.717, 1.165) is 32.2 Å². The van der Waals surface area contributed by atoms with Crippen molar-refractivity contribution in [3.05, 3.63) is 0 Å². The van der Waals surface area contributed by atoms with E-state index in [1.807, 2.05) is 0 Å². The summed E-state index contributed by atoms with van der Waals surface area (Å²) >= 11 is 0. The minimum Gasteiger partial charge on any atom is -0.311 e. The summed E-state index contributed by atoms with van der Waals surface area (Å²) in [7, 11) is -3.28. The first-order valence-electron chi connectivity index (χ1n) is 6.62. The van der Waals surface area contributed by atoms with E-state index in [1.54, 1.807) is 0 Å². The van der Waals surface area contributed by atoms with Crippen LogP contribution < -0.4 is 14.8 Å². The normalized spacial score (nSPS) is 32.4. The third-order valence-electron chi connectivity index (χ3n) is 4.16. The highest BCUT2D eigenvalue weighted by molar-refractivity contribution is 7.87. The molecule has 0 aromatic rings. The maximum Gasteiger partial charge on any atom is 0.277 e. The molecule has 3 N–H and O–H groups in total. The Balaban J connectivity index is 1.56. The first-order chi connectivity index (χ1) is 8.07. The lowest BCUT2D eigenvalue weighted by Crippen LogP contribution is -2.60. The van der Waals surface area contributed by atoms with Gasteiger partial charge in [-0.15, -0.1) is 0 Å². The smallest absolute Gasteiger partial charge is 0.277 e. The van der Waals surface area contributed by atoms with Crippen molar-refractivity contribution in [3.63, 3.8) is 0 Å². The summed E-state index contributed by atoms with van der Waals surface area (Å²) in [6.07, 6.45) is 7.47. The number of hydrogen-bond donors (Lipinski definition) is 3. The summed E-state index contributed by atoms with van der Waals surface area (Å²) in [5.41, 5.74) is 0.241. The fraction of sp³-hybridized carbons (Fsp3) is 1.00. The second-order valence-corrected chi connectivity index (χ2v) is 7.24. The van der Waals surface area contributed by atoms with Crippen molar-refractivity contribution in [1.82, 2.24) is 14.8 Å². The average molecular weight is 259 g/mol. The molecule has 1 unspecified atom stereocenters. The monoisotopic (exact) mass is 259 g/mol. The first kappa shape index (κ1) is 11.9. The molecule has 3 rings (SSSR count). The lowest BCUT2D eigenvalue weighted by molar-refractivity contribution is 0.126. The molecular weight excluding hydrogens is 238 g/mol. The third-order valence-corrected chi connectivity index (χ3v) is 5.45. The first-order valence-corrected chi connectivity index (χ1v) is 8.10.